The zero-order valence-corrected chi connectivity index (χ0v) is 22.4. The minimum atomic E-state index is -1.37. The maximum Gasteiger partial charge on any atom is 0.243 e. The van der Waals surface area contributed by atoms with Crippen LogP contribution in [-0.4, -0.2) is 40.7 Å². The molecule has 1 aromatic heterocycles. The molecule has 1 aliphatic rings. The first-order chi connectivity index (χ1) is 16.7. The van der Waals surface area contributed by atoms with Gasteiger partial charge in [-0.2, -0.15) is 0 Å². The van der Waals surface area contributed by atoms with Crippen LogP contribution in [0.15, 0.2) is 18.2 Å². The molecule has 1 saturated carbocycles. The summed E-state index contributed by atoms with van der Waals surface area (Å²) < 4.78 is 1.04. The molecule has 0 spiro atoms. The summed E-state index contributed by atoms with van der Waals surface area (Å²) in [5.74, 6) is -1.19. The van der Waals surface area contributed by atoms with Crippen LogP contribution in [0.1, 0.15) is 75.8 Å². The summed E-state index contributed by atoms with van der Waals surface area (Å²) in [5, 5.41) is 6.61. The van der Waals surface area contributed by atoms with E-state index in [9.17, 15) is 14.4 Å². The fourth-order valence-electron chi connectivity index (χ4n) is 5.15. The molecule has 0 saturated heterocycles. The predicted octanol–water partition coefficient (Wildman–Crippen LogP) is 4.26. The Morgan fingerprint density at radius 3 is 2.51 bits per heavy atom. The molecule has 1 fully saturated rings. The summed E-state index contributed by atoms with van der Waals surface area (Å²) in [4.78, 5) is 42.9. The lowest BCUT2D eigenvalue weighted by Gasteiger charge is -2.44. The second-order valence-corrected chi connectivity index (χ2v) is 11.2. The summed E-state index contributed by atoms with van der Waals surface area (Å²) in [6.45, 7) is 6.25. The quantitative estimate of drug-likeness (QED) is 0.384. The van der Waals surface area contributed by atoms with Crippen molar-refractivity contribution in [2.75, 3.05) is 12.4 Å². The molecular weight excluding hydrogens is 484 g/mol. The van der Waals surface area contributed by atoms with Crippen LogP contribution in [0.5, 0.6) is 0 Å². The molecule has 0 radical (unpaired) electrons. The third-order valence-electron chi connectivity index (χ3n) is 7.17. The number of thiazole rings is 1. The molecule has 0 aliphatic heterocycles. The molecule has 3 amide bonds. The molecule has 9 heteroatoms. The van der Waals surface area contributed by atoms with Crippen molar-refractivity contribution in [2.45, 2.75) is 77.2 Å². The lowest BCUT2D eigenvalue weighted by atomic mass is 9.68. The Kier molecular flexibility index (Phi) is 9.53. The number of hydrogen-bond acceptors (Lipinski definition) is 5. The summed E-state index contributed by atoms with van der Waals surface area (Å²) in [7, 11) is 0. The molecule has 4 N–H and O–H groups in total. The van der Waals surface area contributed by atoms with Gasteiger partial charge in [0.1, 0.15) is 11.4 Å². The highest BCUT2D eigenvalue weighted by Gasteiger charge is 2.49. The zero-order valence-electron chi connectivity index (χ0n) is 20.9. The van der Waals surface area contributed by atoms with Crippen LogP contribution in [0.2, 0.25) is 0 Å². The molecule has 1 unspecified atom stereocenters. The maximum absolute atomic E-state index is 13.3. The molecule has 1 heterocycles. The number of hydrogen-bond donors (Lipinski definition) is 3. The van der Waals surface area contributed by atoms with Gasteiger partial charge in [0.15, 0.2) is 0 Å². The van der Waals surface area contributed by atoms with E-state index in [0.29, 0.717) is 5.92 Å². The zero-order chi connectivity index (χ0) is 25.6. The number of alkyl halides is 1. The minimum Gasteiger partial charge on any atom is -0.368 e. The van der Waals surface area contributed by atoms with Gasteiger partial charge in [0.05, 0.1) is 15.2 Å². The predicted molar refractivity (Wildman–Crippen MR) is 142 cm³/mol. The highest BCUT2D eigenvalue weighted by Crippen LogP contribution is 2.39. The topological polar surface area (TPSA) is 114 Å². The second kappa shape index (κ2) is 12.2. The van der Waals surface area contributed by atoms with Crippen molar-refractivity contribution in [3.8, 4) is 0 Å². The second-order valence-electron chi connectivity index (χ2n) is 9.85. The van der Waals surface area contributed by atoms with Crippen molar-refractivity contribution in [1.82, 2.24) is 15.6 Å². The molecule has 1 aromatic carbocycles. The van der Waals surface area contributed by atoms with E-state index in [1.165, 1.54) is 16.9 Å². The Morgan fingerprint density at radius 1 is 1.20 bits per heavy atom. The number of rotatable bonds is 11. The third kappa shape index (κ3) is 6.53. The number of primary amides is 1. The first-order valence-electron chi connectivity index (χ1n) is 12.5. The number of aromatic nitrogens is 1. The smallest absolute Gasteiger partial charge is 0.243 e. The van der Waals surface area contributed by atoms with Crippen LogP contribution in [-0.2, 0) is 20.8 Å². The van der Waals surface area contributed by atoms with Gasteiger partial charge in [0.2, 0.25) is 17.7 Å². The van der Waals surface area contributed by atoms with Gasteiger partial charge in [-0.25, -0.2) is 4.98 Å². The molecule has 7 nitrogen and oxygen atoms in total. The normalized spacial score (nSPS) is 17.2. The standard InChI is InChI=1S/C26H37ClN4O3S/c1-4-22(32)31-26(25(28)34,19(15-29-23(33)14-27)17-8-6-5-7-9-17)13-24-30-20-11-10-18(16(2)3)12-21(20)35-24/h10-12,16-17,19H,4-9,13-15H2,1-3H3,(H2,28,34)(H,29,33)(H,31,32)/t19-,26?/m1/s1. The molecule has 3 rings (SSSR count). The molecular formula is C26H37ClN4O3S. The van der Waals surface area contributed by atoms with Gasteiger partial charge in [-0.3, -0.25) is 14.4 Å². The number of carbonyl (C=O) groups excluding carboxylic acids is 3. The summed E-state index contributed by atoms with van der Waals surface area (Å²) in [6, 6.07) is 6.21. The fraction of sp³-hybridized carbons (Fsp3) is 0.615. The SMILES string of the molecule is CCC(=O)NC(Cc1nc2ccc(C(C)C)cc2s1)(C(N)=O)[C@H](CNC(=O)CCl)C1CCCCC1. The third-order valence-corrected chi connectivity index (χ3v) is 8.43. The van der Waals surface area contributed by atoms with Crippen LogP contribution < -0.4 is 16.4 Å². The van der Waals surface area contributed by atoms with Gasteiger partial charge < -0.3 is 16.4 Å². The first kappa shape index (κ1) is 27.4. The number of benzene rings is 1. The molecule has 1 aliphatic carbocycles. The Hall–Kier alpha value is -2.19. The monoisotopic (exact) mass is 520 g/mol. The van der Waals surface area contributed by atoms with E-state index in [-0.39, 0.29) is 48.9 Å². The number of nitrogens with zero attached hydrogens (tertiary/aromatic N) is 1. The van der Waals surface area contributed by atoms with Crippen molar-refractivity contribution in [3.05, 3.63) is 28.8 Å². The highest BCUT2D eigenvalue weighted by atomic mass is 35.5. The Labute approximate surface area is 216 Å². The van der Waals surface area contributed by atoms with E-state index in [1.807, 2.05) is 6.07 Å². The van der Waals surface area contributed by atoms with Gasteiger partial charge in [-0.1, -0.05) is 58.9 Å². The van der Waals surface area contributed by atoms with Gasteiger partial charge in [-0.15, -0.1) is 22.9 Å². The van der Waals surface area contributed by atoms with Crippen LogP contribution in [0.4, 0.5) is 0 Å². The van der Waals surface area contributed by atoms with Gasteiger partial charge in [0, 0.05) is 25.3 Å². The number of carbonyl (C=O) groups is 3. The minimum absolute atomic E-state index is 0.131. The molecule has 2 aromatic rings. The highest BCUT2D eigenvalue weighted by molar-refractivity contribution is 7.18. The number of halogens is 1. The lowest BCUT2D eigenvalue weighted by Crippen LogP contribution is -2.66. The van der Waals surface area contributed by atoms with Crippen molar-refractivity contribution in [2.24, 2.45) is 17.6 Å². The van der Waals surface area contributed by atoms with E-state index in [2.05, 4.69) is 36.6 Å². The van der Waals surface area contributed by atoms with E-state index >= 15 is 0 Å². The van der Waals surface area contributed by atoms with E-state index < -0.39 is 11.4 Å². The molecule has 192 valence electrons. The Morgan fingerprint density at radius 2 is 1.91 bits per heavy atom. The van der Waals surface area contributed by atoms with E-state index in [1.54, 1.807) is 6.92 Å². The van der Waals surface area contributed by atoms with Crippen LogP contribution >= 0.6 is 22.9 Å². The molecule has 2 atom stereocenters. The first-order valence-corrected chi connectivity index (χ1v) is 13.9. The summed E-state index contributed by atoms with van der Waals surface area (Å²) in [6.07, 6.45) is 5.45. The Bertz CT molecular complexity index is 1050. The average molecular weight is 521 g/mol. The number of nitrogens with two attached hydrogens (primary N) is 1. The van der Waals surface area contributed by atoms with Gasteiger partial charge in [0.25, 0.3) is 0 Å². The summed E-state index contributed by atoms with van der Waals surface area (Å²) in [5.41, 5.74) is 6.82. The number of fused-ring (bicyclic) bond motifs is 1. The van der Waals surface area contributed by atoms with Crippen molar-refractivity contribution < 1.29 is 14.4 Å². The number of nitrogens with one attached hydrogen (secondary N) is 2. The van der Waals surface area contributed by atoms with Gasteiger partial charge >= 0.3 is 0 Å². The van der Waals surface area contributed by atoms with Crippen molar-refractivity contribution in [3.63, 3.8) is 0 Å². The fourth-order valence-corrected chi connectivity index (χ4v) is 6.36. The van der Waals surface area contributed by atoms with Crippen molar-refractivity contribution >= 4 is 50.9 Å². The lowest BCUT2D eigenvalue weighted by molar-refractivity contribution is -0.135. The average Bonchev–Trinajstić information content (AvgIpc) is 3.25. The van der Waals surface area contributed by atoms with E-state index in [0.717, 1.165) is 47.3 Å². The van der Waals surface area contributed by atoms with Crippen LogP contribution in [0.3, 0.4) is 0 Å². The van der Waals surface area contributed by atoms with Crippen LogP contribution in [0.25, 0.3) is 10.2 Å². The van der Waals surface area contributed by atoms with E-state index in [4.69, 9.17) is 22.3 Å². The Balaban J connectivity index is 2.06. The van der Waals surface area contributed by atoms with Crippen molar-refractivity contribution in [1.29, 1.82) is 0 Å². The van der Waals surface area contributed by atoms with Crippen LogP contribution in [0, 0.1) is 11.8 Å². The van der Waals surface area contributed by atoms with Gasteiger partial charge in [-0.05, 0) is 29.5 Å². The summed E-state index contributed by atoms with van der Waals surface area (Å²) >= 11 is 7.26. The number of amides is 3. The largest absolute Gasteiger partial charge is 0.368 e. The molecule has 35 heavy (non-hydrogen) atoms. The maximum atomic E-state index is 13.3. The molecule has 0 bridgehead atoms.